The van der Waals surface area contributed by atoms with Crippen LogP contribution in [-0.4, -0.2) is 69.5 Å². The number of alkyl halides is 2. The van der Waals surface area contributed by atoms with Crippen LogP contribution in [0.1, 0.15) is 24.3 Å². The third kappa shape index (κ3) is 2.53. The Labute approximate surface area is 200 Å². The smallest absolute Gasteiger partial charge is 0.253 e. The van der Waals surface area contributed by atoms with Gasteiger partial charge in [-0.2, -0.15) is 0 Å². The molecule has 0 aromatic heterocycles. The zero-order valence-corrected chi connectivity index (χ0v) is 19.7. The molecule has 6 unspecified atom stereocenters. The summed E-state index contributed by atoms with van der Waals surface area (Å²) < 4.78 is 5.25. The number of phenolic OH excluding ortho intramolecular Hbond substituents is 1. The highest BCUT2D eigenvalue weighted by Gasteiger charge is 2.75. The third-order valence-corrected chi connectivity index (χ3v) is 9.19. The number of allylic oxidation sites excluding steroid dienone is 2. The second-order valence-corrected chi connectivity index (χ2v) is 10.4. The molecule has 1 N–H and O–H groups in total. The highest BCUT2D eigenvalue weighted by atomic mass is 35.5. The average molecular weight is 493 g/mol. The number of likely N-dealkylation sites (tertiary alicyclic amines) is 2. The second kappa shape index (κ2) is 6.96. The van der Waals surface area contributed by atoms with Crippen molar-refractivity contribution in [1.82, 2.24) is 9.80 Å². The van der Waals surface area contributed by atoms with E-state index in [1.807, 2.05) is 6.08 Å². The first-order valence-corrected chi connectivity index (χ1v) is 11.3. The van der Waals surface area contributed by atoms with Crippen molar-refractivity contribution >= 4 is 46.8 Å². The molecule has 0 bridgehead atoms. The standard InChI is InChI=1S/C23H22Cl2N2O6/c1-26-18(29)12-6-5-11-13(16(12)19(26)30)9-22(24)20(31)27(2)21(32)23(22,25)17(11)10-4-7-14(28)15(8-10)33-3/h4-5,7-8,12-13,16-17,28H,6,9H2,1-3H3. The predicted octanol–water partition coefficient (Wildman–Crippen LogP) is 2.02. The molecule has 33 heavy (non-hydrogen) atoms. The van der Waals surface area contributed by atoms with Crippen molar-refractivity contribution in [3.05, 3.63) is 35.4 Å². The Hall–Kier alpha value is -2.58. The van der Waals surface area contributed by atoms with Gasteiger partial charge in [0.15, 0.2) is 21.2 Å². The Morgan fingerprint density at radius 3 is 2.39 bits per heavy atom. The Kier molecular flexibility index (Phi) is 4.69. The summed E-state index contributed by atoms with van der Waals surface area (Å²) in [6.07, 6.45) is 2.13. The van der Waals surface area contributed by atoms with Gasteiger partial charge in [-0.15, -0.1) is 23.2 Å². The van der Waals surface area contributed by atoms with Crippen molar-refractivity contribution in [3.8, 4) is 11.5 Å². The number of carbonyl (C=O) groups excluding carboxylic acids is 4. The number of phenols is 1. The largest absolute Gasteiger partial charge is 0.504 e. The number of ether oxygens (including phenoxy) is 1. The minimum absolute atomic E-state index is 0.0431. The number of carbonyl (C=O) groups is 4. The van der Waals surface area contributed by atoms with Crippen LogP contribution in [0.25, 0.3) is 0 Å². The number of benzene rings is 1. The van der Waals surface area contributed by atoms with Crippen LogP contribution in [-0.2, 0) is 19.2 Å². The van der Waals surface area contributed by atoms with Gasteiger partial charge < -0.3 is 9.84 Å². The fourth-order valence-electron chi connectivity index (χ4n) is 6.15. The molecule has 10 heteroatoms. The van der Waals surface area contributed by atoms with Gasteiger partial charge in [0.1, 0.15) is 0 Å². The number of halogens is 2. The minimum Gasteiger partial charge on any atom is -0.504 e. The lowest BCUT2D eigenvalue weighted by molar-refractivity contribution is -0.140. The number of fused-ring (bicyclic) bond motifs is 4. The van der Waals surface area contributed by atoms with Gasteiger partial charge >= 0.3 is 0 Å². The van der Waals surface area contributed by atoms with E-state index in [0.29, 0.717) is 17.6 Å². The van der Waals surface area contributed by atoms with Crippen molar-refractivity contribution in [3.63, 3.8) is 0 Å². The zero-order chi connectivity index (χ0) is 24.0. The molecule has 2 saturated heterocycles. The van der Waals surface area contributed by atoms with Crippen molar-refractivity contribution < 1.29 is 29.0 Å². The van der Waals surface area contributed by atoms with Crippen LogP contribution in [0.4, 0.5) is 0 Å². The first-order chi connectivity index (χ1) is 15.5. The molecule has 1 aromatic rings. The minimum atomic E-state index is -1.85. The molecule has 1 saturated carbocycles. The molecule has 2 aliphatic heterocycles. The summed E-state index contributed by atoms with van der Waals surface area (Å²) >= 11 is 14.1. The molecule has 1 aromatic carbocycles. The predicted molar refractivity (Wildman–Crippen MR) is 118 cm³/mol. The molecule has 2 heterocycles. The average Bonchev–Trinajstić information content (AvgIpc) is 3.09. The molecule has 3 fully saturated rings. The van der Waals surface area contributed by atoms with Gasteiger partial charge in [-0.25, -0.2) is 0 Å². The van der Waals surface area contributed by atoms with Gasteiger partial charge in [0.2, 0.25) is 11.8 Å². The lowest BCUT2D eigenvalue weighted by Crippen LogP contribution is -2.60. The molecule has 174 valence electrons. The van der Waals surface area contributed by atoms with Crippen LogP contribution in [0, 0.1) is 17.8 Å². The summed E-state index contributed by atoms with van der Waals surface area (Å²) in [6, 6.07) is 4.58. The quantitative estimate of drug-likeness (QED) is 0.384. The van der Waals surface area contributed by atoms with E-state index in [0.717, 1.165) is 9.80 Å². The van der Waals surface area contributed by atoms with Gasteiger partial charge in [0, 0.05) is 20.0 Å². The van der Waals surface area contributed by atoms with E-state index < -0.39 is 45.2 Å². The van der Waals surface area contributed by atoms with Gasteiger partial charge in [0.05, 0.1) is 18.9 Å². The molecule has 6 atom stereocenters. The maximum Gasteiger partial charge on any atom is 0.253 e. The molecule has 8 nitrogen and oxygen atoms in total. The number of imide groups is 2. The molecule has 0 spiro atoms. The lowest BCUT2D eigenvalue weighted by Gasteiger charge is -2.50. The van der Waals surface area contributed by atoms with Crippen molar-refractivity contribution in [2.75, 3.05) is 21.2 Å². The van der Waals surface area contributed by atoms with Crippen molar-refractivity contribution in [2.45, 2.75) is 28.5 Å². The van der Waals surface area contributed by atoms with Crippen LogP contribution >= 0.6 is 23.2 Å². The van der Waals surface area contributed by atoms with E-state index in [4.69, 9.17) is 27.9 Å². The third-order valence-electron chi connectivity index (χ3n) is 7.77. The van der Waals surface area contributed by atoms with E-state index in [1.165, 1.54) is 27.3 Å². The SMILES string of the molecule is COc1cc(C2C3=CCC4C(=O)N(C)C(=O)C4C3CC3(Cl)C(=O)N(C)C(=O)C23Cl)ccc1O. The van der Waals surface area contributed by atoms with E-state index in [1.54, 1.807) is 12.1 Å². The first kappa shape index (κ1) is 22.2. The highest BCUT2D eigenvalue weighted by Crippen LogP contribution is 2.65. The van der Waals surface area contributed by atoms with Crippen LogP contribution < -0.4 is 4.74 Å². The molecule has 4 aliphatic rings. The van der Waals surface area contributed by atoms with E-state index in [2.05, 4.69) is 0 Å². The number of methoxy groups -OCH3 is 1. The summed E-state index contributed by atoms with van der Waals surface area (Å²) in [5.74, 6) is -4.44. The molecular weight excluding hydrogens is 471 g/mol. The number of hydrogen-bond acceptors (Lipinski definition) is 6. The van der Waals surface area contributed by atoms with Gasteiger partial charge in [0.25, 0.3) is 11.8 Å². The van der Waals surface area contributed by atoms with E-state index in [-0.39, 0.29) is 29.7 Å². The normalized spacial score (nSPS) is 37.7. The summed E-state index contributed by atoms with van der Waals surface area (Å²) in [4.78, 5) is 50.8. The maximum absolute atomic E-state index is 13.4. The van der Waals surface area contributed by atoms with Crippen molar-refractivity contribution in [2.24, 2.45) is 17.8 Å². The van der Waals surface area contributed by atoms with Gasteiger partial charge in [-0.3, -0.25) is 29.0 Å². The summed E-state index contributed by atoms with van der Waals surface area (Å²) in [5, 5.41) is 10.1. The Morgan fingerprint density at radius 2 is 1.73 bits per heavy atom. The molecule has 2 aliphatic carbocycles. The summed E-state index contributed by atoms with van der Waals surface area (Å²) in [7, 11) is 4.19. The number of rotatable bonds is 2. The summed E-state index contributed by atoms with van der Waals surface area (Å²) in [6.45, 7) is 0. The number of hydrogen-bond donors (Lipinski definition) is 1. The van der Waals surface area contributed by atoms with Crippen LogP contribution in [0.15, 0.2) is 29.8 Å². The number of nitrogens with zero attached hydrogens (tertiary/aromatic N) is 2. The first-order valence-electron chi connectivity index (χ1n) is 10.6. The topological polar surface area (TPSA) is 104 Å². The molecular formula is C23H22Cl2N2O6. The molecule has 5 rings (SSSR count). The fourth-order valence-corrected chi connectivity index (χ4v) is 7.17. The Balaban J connectivity index is 1.76. The van der Waals surface area contributed by atoms with Crippen LogP contribution in [0.5, 0.6) is 11.5 Å². The van der Waals surface area contributed by atoms with E-state index in [9.17, 15) is 24.3 Å². The lowest BCUT2D eigenvalue weighted by atomic mass is 9.56. The van der Waals surface area contributed by atoms with Crippen molar-refractivity contribution in [1.29, 1.82) is 0 Å². The molecule has 4 amide bonds. The van der Waals surface area contributed by atoms with Crippen LogP contribution in [0.2, 0.25) is 0 Å². The fraction of sp³-hybridized carbons (Fsp3) is 0.478. The van der Waals surface area contributed by atoms with E-state index >= 15 is 0 Å². The molecule has 0 radical (unpaired) electrons. The summed E-state index contributed by atoms with van der Waals surface area (Å²) in [5.41, 5.74) is 1.21. The zero-order valence-electron chi connectivity index (χ0n) is 18.2. The van der Waals surface area contributed by atoms with Crippen LogP contribution in [0.3, 0.4) is 0 Å². The van der Waals surface area contributed by atoms with Gasteiger partial charge in [-0.1, -0.05) is 17.7 Å². The maximum atomic E-state index is 13.4. The number of aromatic hydroxyl groups is 1. The monoisotopic (exact) mass is 492 g/mol. The highest BCUT2D eigenvalue weighted by molar-refractivity contribution is 6.53. The second-order valence-electron chi connectivity index (χ2n) is 9.16. The number of amides is 4. The Bertz CT molecular complexity index is 1170. The van der Waals surface area contributed by atoms with Gasteiger partial charge in [-0.05, 0) is 36.5 Å². The Morgan fingerprint density at radius 1 is 1.03 bits per heavy atom.